The summed E-state index contributed by atoms with van der Waals surface area (Å²) in [4.78, 5) is 21.8. The summed E-state index contributed by atoms with van der Waals surface area (Å²) in [6.07, 6.45) is 7.03. The largest absolute Gasteiger partial charge is 0.444 e. The summed E-state index contributed by atoms with van der Waals surface area (Å²) in [5.74, 6) is 0.710. The molecule has 1 fully saturated rings. The van der Waals surface area contributed by atoms with Gasteiger partial charge in [0.2, 0.25) is 0 Å². The summed E-state index contributed by atoms with van der Waals surface area (Å²) in [6, 6.07) is 2.08. The number of nitrogens with one attached hydrogen (secondary N) is 1. The van der Waals surface area contributed by atoms with Gasteiger partial charge in [-0.3, -0.25) is 0 Å². The van der Waals surface area contributed by atoms with Crippen molar-refractivity contribution < 1.29 is 19.0 Å². The van der Waals surface area contributed by atoms with Crippen LogP contribution in [0, 0.1) is 6.92 Å². The minimum atomic E-state index is -0.548. The van der Waals surface area contributed by atoms with Crippen molar-refractivity contribution in [3.8, 4) is 0 Å². The third kappa shape index (κ3) is 6.23. The van der Waals surface area contributed by atoms with Gasteiger partial charge < -0.3 is 24.1 Å². The Bertz CT molecular complexity index is 928. The Balaban J connectivity index is 2.08. The lowest BCUT2D eigenvalue weighted by atomic mass is 9.81. The van der Waals surface area contributed by atoms with Crippen LogP contribution in [0.1, 0.15) is 91.0 Å². The fourth-order valence-corrected chi connectivity index (χ4v) is 4.60. The second kappa shape index (κ2) is 10.8. The summed E-state index contributed by atoms with van der Waals surface area (Å²) < 4.78 is 20.0. The van der Waals surface area contributed by atoms with E-state index in [1.807, 2.05) is 40.8 Å². The van der Waals surface area contributed by atoms with Gasteiger partial charge in [0.05, 0.1) is 11.2 Å². The van der Waals surface area contributed by atoms with E-state index in [-0.39, 0.29) is 5.54 Å². The first-order chi connectivity index (χ1) is 15.7. The molecule has 0 radical (unpaired) electrons. The summed E-state index contributed by atoms with van der Waals surface area (Å²) in [5, 5.41) is 4.00. The number of carbonyl (C=O) groups is 1. The van der Waals surface area contributed by atoms with Crippen LogP contribution in [0.25, 0.3) is 11.0 Å². The van der Waals surface area contributed by atoms with Gasteiger partial charge >= 0.3 is 6.09 Å². The number of alkyl carbamates (subject to hydrolysis) is 1. The highest BCUT2D eigenvalue weighted by Gasteiger charge is 2.39. The molecule has 8 heteroatoms. The minimum Gasteiger partial charge on any atom is -0.444 e. The molecule has 1 atom stereocenters. The molecule has 2 aromatic rings. The standard InChI is InChI=1S/C25H40N4O4/c1-7-14-32-22(31-8-2)20-15-19-16-26-18(3)28-21(19)29(20)25(12-10-9-11-13-25)17-27-23(30)33-24(4,5)6/h15-16,22H,7-14,17H2,1-6H3,(H,27,30). The number of ether oxygens (including phenoxy) is 3. The van der Waals surface area contributed by atoms with Crippen LogP contribution in [0.4, 0.5) is 4.79 Å². The average Bonchev–Trinajstić information content (AvgIpc) is 3.14. The van der Waals surface area contributed by atoms with E-state index in [9.17, 15) is 4.79 Å². The summed E-state index contributed by atoms with van der Waals surface area (Å²) in [6.45, 7) is 13.2. The van der Waals surface area contributed by atoms with Gasteiger partial charge in [0.1, 0.15) is 17.1 Å². The molecule has 33 heavy (non-hydrogen) atoms. The van der Waals surface area contributed by atoms with Crippen molar-refractivity contribution in [2.24, 2.45) is 0 Å². The first-order valence-corrected chi connectivity index (χ1v) is 12.2. The van der Waals surface area contributed by atoms with Crippen molar-refractivity contribution in [1.82, 2.24) is 19.9 Å². The van der Waals surface area contributed by atoms with Crippen LogP contribution in [-0.4, -0.2) is 46.0 Å². The van der Waals surface area contributed by atoms with Crippen LogP contribution in [-0.2, 0) is 19.7 Å². The number of carbonyl (C=O) groups excluding carboxylic acids is 1. The number of nitrogens with zero attached hydrogens (tertiary/aromatic N) is 3. The predicted molar refractivity (Wildman–Crippen MR) is 128 cm³/mol. The average molecular weight is 461 g/mol. The van der Waals surface area contributed by atoms with Crippen molar-refractivity contribution in [3.05, 3.63) is 23.8 Å². The number of aryl methyl sites for hydroxylation is 1. The lowest BCUT2D eigenvalue weighted by Crippen LogP contribution is -2.48. The van der Waals surface area contributed by atoms with E-state index >= 15 is 0 Å². The van der Waals surface area contributed by atoms with Gasteiger partial charge in [0.25, 0.3) is 0 Å². The van der Waals surface area contributed by atoms with Gasteiger partial charge in [-0.15, -0.1) is 0 Å². The van der Waals surface area contributed by atoms with Crippen LogP contribution in [0.5, 0.6) is 0 Å². The molecular weight excluding hydrogens is 420 g/mol. The number of aromatic nitrogens is 3. The van der Waals surface area contributed by atoms with Crippen molar-refractivity contribution in [3.63, 3.8) is 0 Å². The van der Waals surface area contributed by atoms with E-state index in [1.165, 1.54) is 6.42 Å². The third-order valence-corrected chi connectivity index (χ3v) is 5.94. The summed E-state index contributed by atoms with van der Waals surface area (Å²) >= 11 is 0. The highest BCUT2D eigenvalue weighted by Crippen LogP contribution is 2.40. The van der Waals surface area contributed by atoms with Gasteiger partial charge in [-0.05, 0) is 59.9 Å². The van der Waals surface area contributed by atoms with Crippen molar-refractivity contribution in [1.29, 1.82) is 0 Å². The van der Waals surface area contributed by atoms with Crippen LogP contribution in [0.15, 0.2) is 12.3 Å². The zero-order valence-electron chi connectivity index (χ0n) is 21.1. The van der Waals surface area contributed by atoms with Crippen LogP contribution in [0.2, 0.25) is 0 Å². The summed E-state index contributed by atoms with van der Waals surface area (Å²) in [5.41, 5.74) is 0.883. The molecule has 0 aromatic carbocycles. The molecule has 184 valence electrons. The molecule has 0 saturated heterocycles. The maximum atomic E-state index is 12.6. The smallest absolute Gasteiger partial charge is 0.407 e. The van der Waals surface area contributed by atoms with Crippen molar-refractivity contribution >= 4 is 17.1 Å². The quantitative estimate of drug-likeness (QED) is 0.505. The first kappa shape index (κ1) is 25.4. The molecule has 1 saturated carbocycles. The van der Waals surface area contributed by atoms with Crippen molar-refractivity contribution in [2.45, 2.75) is 97.5 Å². The van der Waals surface area contributed by atoms with Gasteiger partial charge in [0, 0.05) is 31.3 Å². The minimum absolute atomic E-state index is 0.349. The van der Waals surface area contributed by atoms with E-state index in [0.29, 0.717) is 25.6 Å². The second-order valence-corrected chi connectivity index (χ2v) is 9.90. The first-order valence-electron chi connectivity index (χ1n) is 12.2. The molecule has 1 N–H and O–H groups in total. The fourth-order valence-electron chi connectivity index (χ4n) is 4.60. The van der Waals surface area contributed by atoms with Gasteiger partial charge in [-0.1, -0.05) is 26.2 Å². The van der Waals surface area contributed by atoms with Crippen LogP contribution < -0.4 is 5.32 Å². The fraction of sp³-hybridized carbons (Fsp3) is 0.720. The second-order valence-electron chi connectivity index (χ2n) is 9.90. The number of hydrogen-bond donors (Lipinski definition) is 1. The molecule has 2 aromatic heterocycles. The zero-order valence-corrected chi connectivity index (χ0v) is 21.1. The maximum Gasteiger partial charge on any atom is 0.407 e. The lowest BCUT2D eigenvalue weighted by Gasteiger charge is -2.41. The zero-order chi connectivity index (χ0) is 24.1. The number of fused-ring (bicyclic) bond motifs is 1. The maximum absolute atomic E-state index is 12.6. The van der Waals surface area contributed by atoms with Gasteiger partial charge in [-0.2, -0.15) is 0 Å². The Morgan fingerprint density at radius 2 is 1.94 bits per heavy atom. The molecule has 0 spiro atoms. The highest BCUT2D eigenvalue weighted by atomic mass is 16.7. The SMILES string of the molecule is CCCOC(OCC)c1cc2cnc(C)nc2n1C1(CNC(=O)OC(C)(C)C)CCCCC1. The van der Waals surface area contributed by atoms with E-state index in [0.717, 1.165) is 48.8 Å². The third-order valence-electron chi connectivity index (χ3n) is 5.94. The molecule has 1 aliphatic rings. The number of amides is 1. The van der Waals surface area contributed by atoms with E-state index in [4.69, 9.17) is 19.2 Å². The molecule has 3 rings (SSSR count). The molecular formula is C25H40N4O4. The van der Waals surface area contributed by atoms with Crippen LogP contribution in [0.3, 0.4) is 0 Å². The number of rotatable bonds is 9. The number of hydrogen-bond acceptors (Lipinski definition) is 6. The molecule has 0 aliphatic heterocycles. The molecule has 2 heterocycles. The molecule has 1 unspecified atom stereocenters. The summed E-state index contributed by atoms with van der Waals surface area (Å²) in [7, 11) is 0. The molecule has 1 aliphatic carbocycles. The highest BCUT2D eigenvalue weighted by molar-refractivity contribution is 5.77. The Morgan fingerprint density at radius 1 is 1.21 bits per heavy atom. The van der Waals surface area contributed by atoms with Crippen LogP contribution >= 0.6 is 0 Å². The topological polar surface area (TPSA) is 87.5 Å². The monoisotopic (exact) mass is 460 g/mol. The normalized spacial score (nSPS) is 17.2. The van der Waals surface area contributed by atoms with Gasteiger partial charge in [0.15, 0.2) is 6.29 Å². The van der Waals surface area contributed by atoms with Crippen molar-refractivity contribution in [2.75, 3.05) is 19.8 Å². The predicted octanol–water partition coefficient (Wildman–Crippen LogP) is 5.39. The lowest BCUT2D eigenvalue weighted by molar-refractivity contribution is -0.149. The van der Waals surface area contributed by atoms with Gasteiger partial charge in [-0.25, -0.2) is 14.8 Å². The van der Waals surface area contributed by atoms with E-state index < -0.39 is 18.0 Å². The Labute approximate surface area is 197 Å². The Kier molecular flexibility index (Phi) is 8.34. The Hall–Kier alpha value is -2.19. The van der Waals surface area contributed by atoms with E-state index in [2.05, 4.69) is 27.9 Å². The molecule has 0 bridgehead atoms. The van der Waals surface area contributed by atoms with E-state index in [1.54, 1.807) is 0 Å². The Morgan fingerprint density at radius 3 is 2.58 bits per heavy atom. The molecule has 1 amide bonds. The molecule has 8 nitrogen and oxygen atoms in total.